The predicted octanol–water partition coefficient (Wildman–Crippen LogP) is 2.92. The molecule has 0 atom stereocenters. The fourth-order valence-corrected chi connectivity index (χ4v) is 0.939. The third-order valence-corrected chi connectivity index (χ3v) is 1.77. The molecule has 0 radical (unpaired) electrons. The van der Waals surface area contributed by atoms with E-state index in [0.717, 1.165) is 12.0 Å². The van der Waals surface area contributed by atoms with Crippen molar-refractivity contribution in [1.29, 1.82) is 0 Å². The lowest BCUT2D eigenvalue weighted by Gasteiger charge is -1.95. The van der Waals surface area contributed by atoms with Gasteiger partial charge in [-0.1, -0.05) is 41.1 Å². The molecule has 1 rings (SSSR count). The number of aryl methyl sites for hydroxylation is 1. The molecule has 14 heavy (non-hydrogen) atoms. The van der Waals surface area contributed by atoms with Gasteiger partial charge in [0.15, 0.2) is 0 Å². The molecule has 2 heteroatoms. The number of oxime groups is 1. The van der Waals surface area contributed by atoms with Crippen LogP contribution in [0.4, 0.5) is 0 Å². The predicted molar refractivity (Wildman–Crippen MR) is 59.5 cm³/mol. The van der Waals surface area contributed by atoms with E-state index in [1.54, 1.807) is 12.3 Å². The Labute approximate surface area is 84.9 Å². The molecule has 0 aliphatic rings. The zero-order valence-electron chi connectivity index (χ0n) is 8.44. The van der Waals surface area contributed by atoms with E-state index in [1.165, 1.54) is 5.56 Å². The second-order valence-electron chi connectivity index (χ2n) is 3.06. The minimum absolute atomic E-state index is 0.589. The molecule has 74 valence electrons. The third-order valence-electron chi connectivity index (χ3n) is 1.77. The van der Waals surface area contributed by atoms with Crippen molar-refractivity contribution in [3.05, 3.63) is 48.0 Å². The van der Waals surface area contributed by atoms with Crippen LogP contribution < -0.4 is 0 Å². The molecule has 0 saturated carbocycles. The number of nitrogens with zero attached hydrogens (tertiary/aromatic N) is 1. The Morgan fingerprint density at radius 1 is 1.36 bits per heavy atom. The largest absolute Gasteiger partial charge is 0.395 e. The molecule has 0 aliphatic carbocycles. The highest BCUT2D eigenvalue weighted by Crippen LogP contribution is 2.00. The Morgan fingerprint density at radius 3 is 2.71 bits per heavy atom. The Hall–Kier alpha value is -1.57. The van der Waals surface area contributed by atoms with Gasteiger partial charge >= 0.3 is 0 Å². The average Bonchev–Trinajstić information content (AvgIpc) is 2.21. The van der Waals surface area contributed by atoms with Gasteiger partial charge < -0.3 is 4.84 Å². The van der Waals surface area contributed by atoms with E-state index in [1.807, 2.05) is 24.3 Å². The zero-order valence-corrected chi connectivity index (χ0v) is 8.44. The van der Waals surface area contributed by atoms with E-state index >= 15 is 0 Å². The van der Waals surface area contributed by atoms with Crippen molar-refractivity contribution in [3.63, 3.8) is 0 Å². The van der Waals surface area contributed by atoms with Gasteiger partial charge in [-0.3, -0.25) is 0 Å². The van der Waals surface area contributed by atoms with Gasteiger partial charge in [0.25, 0.3) is 0 Å². The highest BCUT2D eigenvalue weighted by molar-refractivity contribution is 5.79. The van der Waals surface area contributed by atoms with Gasteiger partial charge in [-0.05, 0) is 12.5 Å². The number of hydrogen-bond donors (Lipinski definition) is 0. The summed E-state index contributed by atoms with van der Waals surface area (Å²) in [5.74, 6) is 0. The lowest BCUT2D eigenvalue weighted by Crippen LogP contribution is -1.87. The normalized spacial score (nSPS) is 10.4. The van der Waals surface area contributed by atoms with Crippen LogP contribution in [0.1, 0.15) is 17.5 Å². The number of rotatable bonds is 5. The van der Waals surface area contributed by atoms with E-state index in [4.69, 9.17) is 4.84 Å². The SMILES string of the molecule is C=CCCON=Cc1ccc(C)cc1. The van der Waals surface area contributed by atoms with Crippen LogP contribution in [0.25, 0.3) is 0 Å². The fourth-order valence-electron chi connectivity index (χ4n) is 0.939. The standard InChI is InChI=1S/C12H15NO/c1-3-4-9-14-13-10-12-7-5-11(2)6-8-12/h3,5-8,10H,1,4,9H2,2H3. The summed E-state index contributed by atoms with van der Waals surface area (Å²) in [6.07, 6.45) is 4.34. The van der Waals surface area contributed by atoms with Crippen LogP contribution in [0, 0.1) is 6.92 Å². The smallest absolute Gasteiger partial charge is 0.120 e. The molecule has 1 aromatic carbocycles. The summed E-state index contributed by atoms with van der Waals surface area (Å²) in [4.78, 5) is 5.01. The maximum atomic E-state index is 5.01. The molecule has 2 nitrogen and oxygen atoms in total. The average molecular weight is 189 g/mol. The Kier molecular flexibility index (Phi) is 4.48. The summed E-state index contributed by atoms with van der Waals surface area (Å²) < 4.78 is 0. The number of benzene rings is 1. The van der Waals surface area contributed by atoms with Crippen LogP contribution >= 0.6 is 0 Å². The molecular weight excluding hydrogens is 174 g/mol. The van der Waals surface area contributed by atoms with Crippen LogP contribution in [0.15, 0.2) is 42.1 Å². The van der Waals surface area contributed by atoms with Crippen LogP contribution in [-0.4, -0.2) is 12.8 Å². The third kappa shape index (κ3) is 3.90. The van der Waals surface area contributed by atoms with Crippen LogP contribution in [0.2, 0.25) is 0 Å². The van der Waals surface area contributed by atoms with Crippen molar-refractivity contribution >= 4 is 6.21 Å². The Bertz CT molecular complexity index is 301. The first-order valence-electron chi connectivity index (χ1n) is 4.66. The van der Waals surface area contributed by atoms with Gasteiger partial charge in [0, 0.05) is 6.42 Å². The summed E-state index contributed by atoms with van der Waals surface area (Å²) in [5, 5.41) is 3.84. The molecule has 0 bridgehead atoms. The summed E-state index contributed by atoms with van der Waals surface area (Å²) in [5.41, 5.74) is 2.30. The lowest BCUT2D eigenvalue weighted by atomic mass is 10.2. The molecule has 0 fully saturated rings. The molecule has 0 amide bonds. The Morgan fingerprint density at radius 2 is 2.07 bits per heavy atom. The van der Waals surface area contributed by atoms with Crippen molar-refractivity contribution in [2.75, 3.05) is 6.61 Å². The minimum Gasteiger partial charge on any atom is -0.395 e. The fraction of sp³-hybridized carbons (Fsp3) is 0.250. The second kappa shape index (κ2) is 5.97. The summed E-state index contributed by atoms with van der Waals surface area (Å²) >= 11 is 0. The first-order chi connectivity index (χ1) is 6.83. The maximum absolute atomic E-state index is 5.01. The quantitative estimate of drug-likeness (QED) is 0.302. The topological polar surface area (TPSA) is 21.6 Å². The van der Waals surface area contributed by atoms with E-state index in [-0.39, 0.29) is 0 Å². The van der Waals surface area contributed by atoms with Crippen molar-refractivity contribution in [1.82, 2.24) is 0 Å². The van der Waals surface area contributed by atoms with Crippen molar-refractivity contribution in [2.24, 2.45) is 5.16 Å². The van der Waals surface area contributed by atoms with Crippen molar-refractivity contribution in [2.45, 2.75) is 13.3 Å². The molecule has 0 N–H and O–H groups in total. The molecular formula is C12H15NO. The van der Waals surface area contributed by atoms with Crippen LogP contribution in [0.3, 0.4) is 0 Å². The molecule has 0 aromatic heterocycles. The molecule has 1 aromatic rings. The zero-order chi connectivity index (χ0) is 10.2. The maximum Gasteiger partial charge on any atom is 0.120 e. The monoisotopic (exact) mass is 189 g/mol. The molecule has 0 saturated heterocycles. The van der Waals surface area contributed by atoms with Gasteiger partial charge in [0.2, 0.25) is 0 Å². The van der Waals surface area contributed by atoms with Crippen LogP contribution in [0.5, 0.6) is 0 Å². The van der Waals surface area contributed by atoms with E-state index in [9.17, 15) is 0 Å². The Balaban J connectivity index is 2.36. The second-order valence-corrected chi connectivity index (χ2v) is 3.06. The summed E-state index contributed by atoms with van der Waals surface area (Å²) in [6, 6.07) is 8.11. The van der Waals surface area contributed by atoms with Gasteiger partial charge in [-0.2, -0.15) is 0 Å². The molecule has 0 heterocycles. The lowest BCUT2D eigenvalue weighted by molar-refractivity contribution is 0.151. The van der Waals surface area contributed by atoms with Gasteiger partial charge in [-0.15, -0.1) is 6.58 Å². The van der Waals surface area contributed by atoms with Crippen LogP contribution in [-0.2, 0) is 4.84 Å². The van der Waals surface area contributed by atoms with Crippen molar-refractivity contribution < 1.29 is 4.84 Å². The summed E-state index contributed by atoms with van der Waals surface area (Å²) in [7, 11) is 0. The molecule has 0 aliphatic heterocycles. The molecule has 0 spiro atoms. The van der Waals surface area contributed by atoms with Gasteiger partial charge in [0.05, 0.1) is 6.21 Å². The van der Waals surface area contributed by atoms with E-state index in [2.05, 4.69) is 18.7 Å². The van der Waals surface area contributed by atoms with E-state index < -0.39 is 0 Å². The highest BCUT2D eigenvalue weighted by atomic mass is 16.6. The first kappa shape index (κ1) is 10.5. The van der Waals surface area contributed by atoms with Gasteiger partial charge in [-0.25, -0.2) is 0 Å². The van der Waals surface area contributed by atoms with Gasteiger partial charge in [0.1, 0.15) is 6.61 Å². The minimum atomic E-state index is 0.589. The first-order valence-corrected chi connectivity index (χ1v) is 4.66. The van der Waals surface area contributed by atoms with E-state index in [0.29, 0.717) is 6.61 Å². The van der Waals surface area contributed by atoms with Crippen molar-refractivity contribution in [3.8, 4) is 0 Å². The number of hydrogen-bond acceptors (Lipinski definition) is 2. The highest BCUT2D eigenvalue weighted by Gasteiger charge is 1.86. The molecule has 0 unspecified atom stereocenters. The summed E-state index contributed by atoms with van der Waals surface area (Å²) in [6.45, 7) is 6.24.